The Balaban J connectivity index is 2.58. The number of hydrogen-bond donors (Lipinski definition) is 6. The van der Waals surface area contributed by atoms with Crippen LogP contribution in [-0.2, 0) is 23.8 Å². The second kappa shape index (κ2) is 61.3. The maximum atomic E-state index is 13.5. The van der Waals surface area contributed by atoms with Gasteiger partial charge >= 0.3 is 5.97 Å². The van der Waals surface area contributed by atoms with E-state index < -0.39 is 67.4 Å². The number of unbranched alkanes of at least 4 members (excludes halogenated alkanes) is 37. The van der Waals surface area contributed by atoms with Gasteiger partial charge in [0, 0.05) is 6.42 Å². The molecule has 6 N–H and O–H groups in total. The summed E-state index contributed by atoms with van der Waals surface area (Å²) in [7, 11) is 0. The highest BCUT2D eigenvalue weighted by Gasteiger charge is 2.47. The predicted molar refractivity (Wildman–Crippen MR) is 356 cm³/mol. The average molecular weight is 1200 g/mol. The second-order valence-corrected chi connectivity index (χ2v) is 24.6. The van der Waals surface area contributed by atoms with E-state index in [1.807, 2.05) is 6.08 Å². The smallest absolute Gasteiger partial charge is 0.306 e. The van der Waals surface area contributed by atoms with Crippen molar-refractivity contribution in [3.8, 4) is 0 Å². The highest BCUT2D eigenvalue weighted by Crippen LogP contribution is 2.26. The number of allylic oxidation sites excluding steroid dienone is 11. The van der Waals surface area contributed by atoms with Crippen molar-refractivity contribution >= 4 is 11.9 Å². The van der Waals surface area contributed by atoms with Crippen LogP contribution in [0.15, 0.2) is 72.9 Å². The Morgan fingerprint density at radius 2 is 0.812 bits per heavy atom. The van der Waals surface area contributed by atoms with Crippen molar-refractivity contribution in [2.24, 2.45) is 0 Å². The Morgan fingerprint density at radius 3 is 1.24 bits per heavy atom. The first-order valence-electron chi connectivity index (χ1n) is 35.7. The number of carbonyl (C=O) groups excluding carboxylic acids is 2. The maximum Gasteiger partial charge on any atom is 0.306 e. The van der Waals surface area contributed by atoms with E-state index >= 15 is 0 Å². The van der Waals surface area contributed by atoms with Crippen LogP contribution >= 0.6 is 0 Å². The Labute approximate surface area is 521 Å². The van der Waals surface area contributed by atoms with Crippen LogP contribution in [0.25, 0.3) is 0 Å². The molecule has 1 aliphatic heterocycles. The molecule has 0 aromatic rings. The molecule has 1 heterocycles. The molecule has 8 atom stereocenters. The normalized spacial score (nSPS) is 18.8. The summed E-state index contributed by atoms with van der Waals surface area (Å²) in [5.41, 5.74) is 0. The van der Waals surface area contributed by atoms with Gasteiger partial charge in [-0.15, -0.1) is 0 Å². The summed E-state index contributed by atoms with van der Waals surface area (Å²) < 4.78 is 17.7. The Hall–Kier alpha value is -2.90. The van der Waals surface area contributed by atoms with Crippen molar-refractivity contribution in [2.75, 3.05) is 13.2 Å². The molecule has 1 amide bonds. The summed E-state index contributed by atoms with van der Waals surface area (Å²) in [6, 6.07) is -1.03. The molecule has 0 bridgehead atoms. The van der Waals surface area contributed by atoms with Gasteiger partial charge in [-0.25, -0.2) is 0 Å². The number of esters is 1. The first kappa shape index (κ1) is 80.1. The zero-order valence-electron chi connectivity index (χ0n) is 55.0. The van der Waals surface area contributed by atoms with Gasteiger partial charge in [-0.1, -0.05) is 293 Å². The minimum atomic E-state index is -1.62. The molecule has 11 heteroatoms. The zero-order valence-corrected chi connectivity index (χ0v) is 55.0. The van der Waals surface area contributed by atoms with E-state index in [-0.39, 0.29) is 19.4 Å². The van der Waals surface area contributed by atoms with Crippen LogP contribution in [-0.4, -0.2) is 99.6 Å². The predicted octanol–water partition coefficient (Wildman–Crippen LogP) is 18.3. The van der Waals surface area contributed by atoms with Gasteiger partial charge in [0.15, 0.2) is 12.4 Å². The van der Waals surface area contributed by atoms with Crippen LogP contribution in [0.3, 0.4) is 0 Å². The third-order valence-corrected chi connectivity index (χ3v) is 16.6. The van der Waals surface area contributed by atoms with Crippen LogP contribution < -0.4 is 5.32 Å². The average Bonchev–Trinajstić information content (AvgIpc) is 3.21. The van der Waals surface area contributed by atoms with Gasteiger partial charge in [0.2, 0.25) is 5.91 Å². The monoisotopic (exact) mass is 1200 g/mol. The number of rotatable bonds is 61. The van der Waals surface area contributed by atoms with E-state index in [4.69, 9.17) is 14.2 Å². The summed E-state index contributed by atoms with van der Waals surface area (Å²) in [6.07, 6.45) is 69.3. The fraction of sp³-hybridized carbons (Fsp3) is 0.811. The van der Waals surface area contributed by atoms with Gasteiger partial charge in [-0.3, -0.25) is 9.59 Å². The van der Waals surface area contributed by atoms with E-state index in [0.717, 1.165) is 89.9 Å². The molecule has 0 aliphatic carbocycles. The topological polar surface area (TPSA) is 175 Å². The fourth-order valence-electron chi connectivity index (χ4n) is 10.9. The molecule has 1 aliphatic rings. The lowest BCUT2D eigenvalue weighted by Gasteiger charge is -2.41. The lowest BCUT2D eigenvalue weighted by molar-refractivity contribution is -0.305. The number of nitrogens with one attached hydrogen (secondary N) is 1. The van der Waals surface area contributed by atoms with Crippen molar-refractivity contribution in [3.05, 3.63) is 72.9 Å². The third kappa shape index (κ3) is 48.7. The minimum absolute atomic E-state index is 0.121. The van der Waals surface area contributed by atoms with Gasteiger partial charge in [-0.2, -0.15) is 0 Å². The molecule has 0 aromatic carbocycles. The van der Waals surface area contributed by atoms with E-state index in [1.165, 1.54) is 186 Å². The largest absolute Gasteiger partial charge is 0.454 e. The molecule has 1 rings (SSSR count). The van der Waals surface area contributed by atoms with Crippen molar-refractivity contribution in [1.29, 1.82) is 0 Å². The quantitative estimate of drug-likeness (QED) is 0.0195. The molecular formula is C74H133NO10. The summed E-state index contributed by atoms with van der Waals surface area (Å²) in [4.78, 5) is 26.7. The summed E-state index contributed by atoms with van der Waals surface area (Å²) in [6.45, 7) is 5.77. The molecule has 494 valence electrons. The molecule has 0 radical (unpaired) electrons. The molecule has 0 aromatic heterocycles. The highest BCUT2D eigenvalue weighted by molar-refractivity contribution is 5.80. The molecule has 1 saturated heterocycles. The second-order valence-electron chi connectivity index (χ2n) is 24.6. The van der Waals surface area contributed by atoms with Gasteiger partial charge < -0.3 is 45.1 Å². The fourth-order valence-corrected chi connectivity index (χ4v) is 10.9. The third-order valence-electron chi connectivity index (χ3n) is 16.6. The van der Waals surface area contributed by atoms with Gasteiger partial charge in [0.1, 0.15) is 24.4 Å². The number of aliphatic hydroxyl groups is 5. The number of hydrogen-bond acceptors (Lipinski definition) is 10. The SMILES string of the molecule is CCCCC/C=C\C/C=C\C/C=C\CCCCCCCC(O)C(=O)NC(COC1OC(CO)C(O)C(O)C1OC(=O)CCCCCCCCCCCCCCCCC/C=C\C/C=C\CCCCC)C(O)/C=C/CCCCCCCCCCCCC. The summed E-state index contributed by atoms with van der Waals surface area (Å²) in [5, 5.41) is 57.2. The Morgan fingerprint density at radius 1 is 0.459 bits per heavy atom. The van der Waals surface area contributed by atoms with Crippen molar-refractivity contribution < 1.29 is 49.3 Å². The van der Waals surface area contributed by atoms with Crippen LogP contribution in [0.2, 0.25) is 0 Å². The van der Waals surface area contributed by atoms with Crippen LogP contribution in [0.1, 0.15) is 323 Å². The molecule has 85 heavy (non-hydrogen) atoms. The van der Waals surface area contributed by atoms with E-state index in [9.17, 15) is 35.1 Å². The summed E-state index contributed by atoms with van der Waals surface area (Å²) >= 11 is 0. The highest BCUT2D eigenvalue weighted by atomic mass is 16.7. The Bertz CT molecular complexity index is 1660. The summed E-state index contributed by atoms with van der Waals surface area (Å²) in [5.74, 6) is -1.20. The lowest BCUT2D eigenvalue weighted by atomic mass is 9.99. The number of amides is 1. The molecule has 0 saturated carbocycles. The Kier molecular flexibility index (Phi) is 57.8. The minimum Gasteiger partial charge on any atom is -0.454 e. The van der Waals surface area contributed by atoms with Crippen molar-refractivity contribution in [1.82, 2.24) is 5.32 Å². The maximum absolute atomic E-state index is 13.5. The standard InChI is InChI=1S/C74H133NO10/c1-4-7-10-13-16-19-22-25-27-29-31-32-33-34-35-36-37-39-41-44-47-50-53-56-59-62-69(79)85-72-71(81)70(80)68(63-76)84-74(72)83-64-65(66(77)60-57-54-51-48-45-42-24-21-18-15-12-9-6-3)75-73(82)67(78)61-58-55-52-49-46-43-40-38-30-28-26-23-20-17-14-11-8-5-2/h16-17,19-20,25-28,38,40,57,60,65-68,70-72,74,76-78,80-81H,4-15,18,21-24,29-37,39,41-56,58-59,61-64H2,1-3H3,(H,75,82)/b19-16-,20-17-,27-25-,28-26-,40-38-,60-57+. The van der Waals surface area contributed by atoms with Gasteiger partial charge in [0.05, 0.1) is 25.4 Å². The number of ether oxygens (including phenoxy) is 3. The van der Waals surface area contributed by atoms with E-state index in [0.29, 0.717) is 12.8 Å². The molecule has 1 fully saturated rings. The van der Waals surface area contributed by atoms with Crippen LogP contribution in [0, 0.1) is 0 Å². The lowest BCUT2D eigenvalue weighted by Crippen LogP contribution is -2.61. The number of carbonyl (C=O) groups is 2. The molecule has 8 unspecified atom stereocenters. The van der Waals surface area contributed by atoms with E-state index in [2.05, 4.69) is 86.8 Å². The molecule has 0 spiro atoms. The first-order valence-corrected chi connectivity index (χ1v) is 35.7. The van der Waals surface area contributed by atoms with E-state index in [1.54, 1.807) is 6.08 Å². The van der Waals surface area contributed by atoms with Gasteiger partial charge in [0.25, 0.3) is 0 Å². The molecular weight excluding hydrogens is 1060 g/mol. The zero-order chi connectivity index (χ0) is 61.7. The van der Waals surface area contributed by atoms with Crippen molar-refractivity contribution in [2.45, 2.75) is 372 Å². The van der Waals surface area contributed by atoms with Crippen LogP contribution in [0.5, 0.6) is 0 Å². The number of aliphatic hydroxyl groups excluding tert-OH is 5. The van der Waals surface area contributed by atoms with Crippen molar-refractivity contribution in [3.63, 3.8) is 0 Å². The first-order chi connectivity index (χ1) is 41.7. The van der Waals surface area contributed by atoms with Gasteiger partial charge in [-0.05, 0) is 96.3 Å². The van der Waals surface area contributed by atoms with Crippen LogP contribution in [0.4, 0.5) is 0 Å². The molecule has 11 nitrogen and oxygen atoms in total.